The van der Waals surface area contributed by atoms with Gasteiger partial charge in [-0.05, 0) is 28.7 Å². The molecule has 0 radical (unpaired) electrons. The summed E-state index contributed by atoms with van der Waals surface area (Å²) in [6.07, 6.45) is -3.05. The van der Waals surface area contributed by atoms with Crippen LogP contribution in [-0.4, -0.2) is 13.4 Å². The molecule has 16 heavy (non-hydrogen) atoms. The molecule has 0 fully saturated rings. The third kappa shape index (κ3) is 2.78. The molecule has 0 spiro atoms. The largest absolute Gasteiger partial charge is 0.265 e. The third-order valence-electron chi connectivity index (χ3n) is 1.55. The molecule has 1 heterocycles. The van der Waals surface area contributed by atoms with E-state index < -0.39 is 25.9 Å². The molecule has 0 aromatic carbocycles. The highest BCUT2D eigenvalue weighted by Crippen LogP contribution is 2.31. The van der Waals surface area contributed by atoms with Crippen molar-refractivity contribution >= 4 is 42.3 Å². The number of alkyl halides is 2. The molecule has 86 valence electrons. The summed E-state index contributed by atoms with van der Waals surface area (Å²) in [5, 5.41) is 8.52. The lowest BCUT2D eigenvalue weighted by atomic mass is 10.2. The Morgan fingerprint density at radius 3 is 2.50 bits per heavy atom. The van der Waals surface area contributed by atoms with Gasteiger partial charge >= 0.3 is 0 Å². The summed E-state index contributed by atoms with van der Waals surface area (Å²) in [6.45, 7) is 0. The molecular weight excluding hydrogens is 377 g/mol. The lowest BCUT2D eigenvalue weighted by molar-refractivity contribution is 0.147. The Hall–Kier alpha value is -0.530. The smallest absolute Gasteiger partial charge is 0.230 e. The van der Waals surface area contributed by atoms with Gasteiger partial charge in [0, 0.05) is 16.2 Å². The molecule has 9 heteroatoms. The van der Waals surface area contributed by atoms with E-state index in [1.54, 1.807) is 6.07 Å². The average Bonchev–Trinajstić information content (AvgIpc) is 2.14. The number of hydrogen-bond acceptors (Lipinski definition) is 4. The van der Waals surface area contributed by atoms with Gasteiger partial charge in [0.25, 0.3) is 15.5 Å². The van der Waals surface area contributed by atoms with Crippen LogP contribution in [0, 0.1) is 15.0 Å². The highest BCUT2D eigenvalue weighted by molar-refractivity contribution is 14.1. The van der Waals surface area contributed by atoms with Crippen molar-refractivity contribution in [3.05, 3.63) is 21.0 Å². The van der Waals surface area contributed by atoms with Crippen LogP contribution in [0.2, 0.25) is 0 Å². The summed E-state index contributed by atoms with van der Waals surface area (Å²) in [6, 6.07) is 2.26. The molecular formula is C7H2ClF2IN2O2S. The summed E-state index contributed by atoms with van der Waals surface area (Å²) in [5.74, 6) is 0. The number of pyridine rings is 1. The fourth-order valence-electron chi connectivity index (χ4n) is 0.981. The zero-order valence-corrected chi connectivity index (χ0v) is 11.0. The van der Waals surface area contributed by atoms with Crippen LogP contribution >= 0.6 is 33.3 Å². The summed E-state index contributed by atoms with van der Waals surface area (Å²) in [7, 11) is 0.698. The van der Waals surface area contributed by atoms with E-state index in [0.717, 1.165) is 0 Å². The van der Waals surface area contributed by atoms with E-state index in [1.165, 1.54) is 22.6 Å². The first-order valence-electron chi connectivity index (χ1n) is 3.60. The predicted octanol–water partition coefficient (Wildman–Crippen LogP) is 2.42. The first-order valence-corrected chi connectivity index (χ1v) is 6.99. The van der Waals surface area contributed by atoms with Crippen LogP contribution in [0.15, 0.2) is 11.0 Å². The van der Waals surface area contributed by atoms with E-state index in [4.69, 9.17) is 15.9 Å². The lowest BCUT2D eigenvalue weighted by Gasteiger charge is -2.07. The van der Waals surface area contributed by atoms with Crippen LogP contribution in [0.1, 0.15) is 17.7 Å². The van der Waals surface area contributed by atoms with Crippen LogP contribution in [0.4, 0.5) is 8.78 Å². The Bertz CT molecular complexity index is 570. The maximum absolute atomic E-state index is 12.6. The van der Waals surface area contributed by atoms with Crippen molar-refractivity contribution in [2.45, 2.75) is 11.3 Å². The van der Waals surface area contributed by atoms with Crippen molar-refractivity contribution in [3.63, 3.8) is 0 Å². The second-order valence-electron chi connectivity index (χ2n) is 2.57. The highest BCUT2D eigenvalue weighted by atomic mass is 127. The Morgan fingerprint density at radius 1 is 1.56 bits per heavy atom. The number of rotatable bonds is 2. The second-order valence-corrected chi connectivity index (χ2v) is 6.09. The first kappa shape index (κ1) is 13.5. The van der Waals surface area contributed by atoms with Gasteiger partial charge in [-0.2, -0.15) is 5.26 Å². The topological polar surface area (TPSA) is 70.8 Å². The molecule has 0 aliphatic heterocycles. The zero-order chi connectivity index (χ0) is 12.5. The Kier molecular flexibility index (Phi) is 4.03. The van der Waals surface area contributed by atoms with Gasteiger partial charge in [0.1, 0.15) is 20.4 Å². The quantitative estimate of drug-likeness (QED) is 0.450. The van der Waals surface area contributed by atoms with Crippen molar-refractivity contribution in [1.29, 1.82) is 5.26 Å². The number of nitrogens with zero attached hydrogens (tertiary/aromatic N) is 2. The number of aromatic nitrogens is 1. The number of nitriles is 1. The summed E-state index contributed by atoms with van der Waals surface area (Å²) >= 11 is 1.43. The fraction of sp³-hybridized carbons (Fsp3) is 0.143. The SMILES string of the molecule is N#Cc1cc(C(F)F)c(S(=O)(=O)Cl)c(I)n1. The van der Waals surface area contributed by atoms with Gasteiger partial charge in [-0.15, -0.1) is 0 Å². The Balaban J connectivity index is 3.68. The van der Waals surface area contributed by atoms with E-state index in [0.29, 0.717) is 6.07 Å². The molecule has 1 aromatic rings. The van der Waals surface area contributed by atoms with Crippen LogP contribution in [-0.2, 0) is 9.05 Å². The van der Waals surface area contributed by atoms with Gasteiger partial charge in [-0.1, -0.05) is 0 Å². The standard InChI is InChI=1S/C7H2ClF2IN2O2S/c8-16(14,15)5-4(6(9)10)1-3(2-12)13-7(5)11/h1,6H. The molecule has 0 unspecified atom stereocenters. The van der Waals surface area contributed by atoms with Gasteiger partial charge < -0.3 is 0 Å². The maximum Gasteiger partial charge on any atom is 0.265 e. The molecule has 0 saturated heterocycles. The highest BCUT2D eigenvalue weighted by Gasteiger charge is 2.26. The van der Waals surface area contributed by atoms with Gasteiger partial charge in [0.15, 0.2) is 0 Å². The summed E-state index contributed by atoms with van der Waals surface area (Å²) in [5.41, 5.74) is -1.10. The fourth-order valence-corrected chi connectivity index (χ4v) is 3.98. The van der Waals surface area contributed by atoms with E-state index in [1.807, 2.05) is 0 Å². The third-order valence-corrected chi connectivity index (χ3v) is 4.08. The Labute approximate surface area is 108 Å². The molecule has 0 bridgehead atoms. The van der Waals surface area contributed by atoms with Crippen LogP contribution in [0.5, 0.6) is 0 Å². The maximum atomic E-state index is 12.6. The van der Waals surface area contributed by atoms with Crippen LogP contribution in [0.25, 0.3) is 0 Å². The first-order chi connectivity index (χ1) is 7.27. The van der Waals surface area contributed by atoms with E-state index >= 15 is 0 Å². The molecule has 0 N–H and O–H groups in total. The summed E-state index contributed by atoms with van der Waals surface area (Å²) < 4.78 is 47.1. The van der Waals surface area contributed by atoms with Crippen molar-refractivity contribution in [1.82, 2.24) is 4.98 Å². The molecule has 0 atom stereocenters. The van der Waals surface area contributed by atoms with E-state index in [2.05, 4.69) is 4.98 Å². The van der Waals surface area contributed by atoms with E-state index in [9.17, 15) is 17.2 Å². The monoisotopic (exact) mass is 378 g/mol. The molecule has 1 rings (SSSR count). The van der Waals surface area contributed by atoms with Crippen molar-refractivity contribution in [3.8, 4) is 6.07 Å². The predicted molar refractivity (Wildman–Crippen MR) is 59.7 cm³/mol. The van der Waals surface area contributed by atoms with Gasteiger partial charge in [0.2, 0.25) is 0 Å². The number of halogens is 4. The normalized spacial score (nSPS) is 11.5. The van der Waals surface area contributed by atoms with Crippen molar-refractivity contribution < 1.29 is 17.2 Å². The van der Waals surface area contributed by atoms with Gasteiger partial charge in [0.05, 0.1) is 0 Å². The summed E-state index contributed by atoms with van der Waals surface area (Å²) in [4.78, 5) is 2.78. The van der Waals surface area contributed by atoms with Crippen LogP contribution < -0.4 is 0 Å². The molecule has 4 nitrogen and oxygen atoms in total. The molecule has 0 amide bonds. The van der Waals surface area contributed by atoms with Crippen molar-refractivity contribution in [2.75, 3.05) is 0 Å². The number of hydrogen-bond donors (Lipinski definition) is 0. The average molecular weight is 379 g/mol. The van der Waals surface area contributed by atoms with Gasteiger partial charge in [-0.25, -0.2) is 22.2 Å². The lowest BCUT2D eigenvalue weighted by Crippen LogP contribution is -2.05. The van der Waals surface area contributed by atoms with Crippen LogP contribution in [0.3, 0.4) is 0 Å². The molecule has 0 aliphatic carbocycles. The second kappa shape index (κ2) is 4.77. The zero-order valence-electron chi connectivity index (χ0n) is 7.29. The Morgan fingerprint density at radius 2 is 2.12 bits per heavy atom. The molecule has 0 saturated carbocycles. The minimum atomic E-state index is -4.32. The minimum Gasteiger partial charge on any atom is -0.230 e. The minimum absolute atomic E-state index is 0.248. The molecule has 0 aliphatic rings. The van der Waals surface area contributed by atoms with Crippen molar-refractivity contribution in [2.24, 2.45) is 0 Å². The van der Waals surface area contributed by atoms with Gasteiger partial charge in [-0.3, -0.25) is 0 Å². The molecule has 1 aromatic heterocycles. The van der Waals surface area contributed by atoms with E-state index in [-0.39, 0.29) is 9.39 Å².